The van der Waals surface area contributed by atoms with Crippen LogP contribution < -0.4 is 5.32 Å². The van der Waals surface area contributed by atoms with Gasteiger partial charge in [-0.1, -0.05) is 29.8 Å². The Labute approximate surface area is 126 Å². The smallest absolute Gasteiger partial charge is 0.260 e. The average molecular weight is 299 g/mol. The zero-order valence-electron chi connectivity index (χ0n) is 10.9. The molecular weight excluding hydrogens is 288 g/mol. The quantitative estimate of drug-likeness (QED) is 0.808. The first-order chi connectivity index (χ1) is 10.2. The third-order valence-electron chi connectivity index (χ3n) is 2.83. The van der Waals surface area contributed by atoms with E-state index in [1.165, 1.54) is 12.4 Å². The molecule has 3 rings (SSSR count). The lowest BCUT2D eigenvalue weighted by molar-refractivity contribution is 0.102. The average Bonchev–Trinajstić information content (AvgIpc) is 3.00. The van der Waals surface area contributed by atoms with Crippen molar-refractivity contribution in [3.63, 3.8) is 0 Å². The minimum absolute atomic E-state index is 0.271. The third kappa shape index (κ3) is 3.09. The number of amides is 1. The van der Waals surface area contributed by atoms with Crippen LogP contribution in [0.5, 0.6) is 0 Å². The standard InChI is InChI=1S/C15H11ClN4O/c16-12-6-7-14(17-9-12)19-15(21)11-8-18-20(10-11)13-4-2-1-3-5-13/h1-10H,(H,17,19,21). The van der Waals surface area contributed by atoms with Crippen LogP contribution in [0.4, 0.5) is 5.82 Å². The van der Waals surface area contributed by atoms with E-state index in [2.05, 4.69) is 15.4 Å². The number of anilines is 1. The molecule has 104 valence electrons. The number of nitrogens with one attached hydrogen (secondary N) is 1. The largest absolute Gasteiger partial charge is 0.306 e. The molecule has 5 nitrogen and oxygen atoms in total. The van der Waals surface area contributed by atoms with E-state index in [0.29, 0.717) is 16.4 Å². The Morgan fingerprint density at radius 1 is 1.10 bits per heavy atom. The topological polar surface area (TPSA) is 59.8 Å². The molecule has 6 heteroatoms. The summed E-state index contributed by atoms with van der Waals surface area (Å²) in [6.45, 7) is 0. The van der Waals surface area contributed by atoms with Gasteiger partial charge in [-0.3, -0.25) is 4.79 Å². The molecule has 0 aliphatic carbocycles. The number of hydrogen-bond donors (Lipinski definition) is 1. The molecule has 21 heavy (non-hydrogen) atoms. The first-order valence-corrected chi connectivity index (χ1v) is 6.63. The van der Waals surface area contributed by atoms with E-state index < -0.39 is 0 Å². The molecule has 0 bridgehead atoms. The van der Waals surface area contributed by atoms with Crippen molar-refractivity contribution < 1.29 is 4.79 Å². The van der Waals surface area contributed by atoms with Crippen molar-refractivity contribution in [2.75, 3.05) is 5.32 Å². The van der Waals surface area contributed by atoms with E-state index in [9.17, 15) is 4.79 Å². The zero-order valence-corrected chi connectivity index (χ0v) is 11.7. The number of halogens is 1. The Balaban J connectivity index is 1.77. The summed E-state index contributed by atoms with van der Waals surface area (Å²) in [6, 6.07) is 12.9. The molecule has 0 spiro atoms. The number of benzene rings is 1. The highest BCUT2D eigenvalue weighted by atomic mass is 35.5. The minimum atomic E-state index is -0.271. The van der Waals surface area contributed by atoms with Crippen molar-refractivity contribution >= 4 is 23.3 Å². The Kier molecular flexibility index (Phi) is 3.66. The molecule has 0 aliphatic heterocycles. The summed E-state index contributed by atoms with van der Waals surface area (Å²) in [7, 11) is 0. The van der Waals surface area contributed by atoms with Crippen LogP contribution in [0.2, 0.25) is 5.02 Å². The number of carbonyl (C=O) groups excluding carboxylic acids is 1. The summed E-state index contributed by atoms with van der Waals surface area (Å²) in [5.74, 6) is 0.170. The third-order valence-corrected chi connectivity index (χ3v) is 3.06. The molecule has 0 aliphatic rings. The molecule has 0 radical (unpaired) electrons. The number of carbonyl (C=O) groups is 1. The molecular formula is C15H11ClN4O. The maximum Gasteiger partial charge on any atom is 0.260 e. The van der Waals surface area contributed by atoms with Crippen LogP contribution in [0.25, 0.3) is 5.69 Å². The number of pyridine rings is 1. The predicted octanol–water partition coefficient (Wildman–Crippen LogP) is 3.17. The zero-order chi connectivity index (χ0) is 14.7. The second kappa shape index (κ2) is 5.76. The highest BCUT2D eigenvalue weighted by Gasteiger charge is 2.10. The van der Waals surface area contributed by atoms with Gasteiger partial charge >= 0.3 is 0 Å². The fourth-order valence-electron chi connectivity index (χ4n) is 1.80. The summed E-state index contributed by atoms with van der Waals surface area (Å²) in [6.07, 6.45) is 4.66. The first-order valence-electron chi connectivity index (χ1n) is 6.25. The molecule has 0 unspecified atom stereocenters. The van der Waals surface area contributed by atoms with Crippen LogP contribution in [0.3, 0.4) is 0 Å². The van der Waals surface area contributed by atoms with Gasteiger partial charge in [-0.25, -0.2) is 9.67 Å². The molecule has 0 saturated carbocycles. The van der Waals surface area contributed by atoms with Crippen LogP contribution in [0.1, 0.15) is 10.4 Å². The molecule has 1 amide bonds. The van der Waals surface area contributed by atoms with Gasteiger partial charge in [0, 0.05) is 12.4 Å². The summed E-state index contributed by atoms with van der Waals surface area (Å²) >= 11 is 5.75. The van der Waals surface area contributed by atoms with Crippen molar-refractivity contribution in [2.24, 2.45) is 0 Å². The van der Waals surface area contributed by atoms with Crippen LogP contribution in [-0.2, 0) is 0 Å². The first kappa shape index (κ1) is 13.3. The molecule has 1 N–H and O–H groups in total. The maximum absolute atomic E-state index is 12.1. The van der Waals surface area contributed by atoms with Gasteiger partial charge in [0.2, 0.25) is 0 Å². The number of aromatic nitrogens is 3. The van der Waals surface area contributed by atoms with Crippen molar-refractivity contribution in [3.8, 4) is 5.69 Å². The number of nitrogens with zero attached hydrogens (tertiary/aromatic N) is 3. The monoisotopic (exact) mass is 298 g/mol. The Morgan fingerprint density at radius 2 is 1.90 bits per heavy atom. The van der Waals surface area contributed by atoms with Crippen LogP contribution >= 0.6 is 11.6 Å². The normalized spacial score (nSPS) is 10.3. The predicted molar refractivity (Wildman–Crippen MR) is 80.8 cm³/mol. The lowest BCUT2D eigenvalue weighted by atomic mass is 10.3. The summed E-state index contributed by atoms with van der Waals surface area (Å²) < 4.78 is 1.64. The van der Waals surface area contributed by atoms with Crippen molar-refractivity contribution in [2.45, 2.75) is 0 Å². The van der Waals surface area contributed by atoms with Gasteiger partial charge in [-0.15, -0.1) is 0 Å². The van der Waals surface area contributed by atoms with Crippen molar-refractivity contribution in [3.05, 3.63) is 71.6 Å². The molecule has 3 aromatic rings. The molecule has 1 aromatic carbocycles. The van der Waals surface area contributed by atoms with E-state index in [1.807, 2.05) is 30.3 Å². The summed E-state index contributed by atoms with van der Waals surface area (Å²) in [4.78, 5) is 16.1. The van der Waals surface area contributed by atoms with Crippen LogP contribution in [0, 0.1) is 0 Å². The molecule has 0 atom stereocenters. The number of rotatable bonds is 3. The van der Waals surface area contributed by atoms with E-state index in [1.54, 1.807) is 23.0 Å². The van der Waals surface area contributed by atoms with E-state index in [-0.39, 0.29) is 5.91 Å². The lowest BCUT2D eigenvalue weighted by Crippen LogP contribution is -2.12. The molecule has 2 aromatic heterocycles. The maximum atomic E-state index is 12.1. The summed E-state index contributed by atoms with van der Waals surface area (Å²) in [5.41, 5.74) is 1.34. The lowest BCUT2D eigenvalue weighted by Gasteiger charge is -2.02. The van der Waals surface area contributed by atoms with Gasteiger partial charge in [-0.05, 0) is 24.3 Å². The number of para-hydroxylation sites is 1. The van der Waals surface area contributed by atoms with Gasteiger partial charge < -0.3 is 5.32 Å². The summed E-state index contributed by atoms with van der Waals surface area (Å²) in [5, 5.41) is 7.38. The van der Waals surface area contributed by atoms with Gasteiger partial charge in [-0.2, -0.15) is 5.10 Å². The minimum Gasteiger partial charge on any atom is -0.306 e. The number of hydrogen-bond acceptors (Lipinski definition) is 3. The van der Waals surface area contributed by atoms with Crippen molar-refractivity contribution in [1.29, 1.82) is 0 Å². The fraction of sp³-hybridized carbons (Fsp3) is 0. The SMILES string of the molecule is O=C(Nc1ccc(Cl)cn1)c1cnn(-c2ccccc2)c1. The molecule has 0 fully saturated rings. The van der Waals surface area contributed by atoms with Crippen LogP contribution in [-0.4, -0.2) is 20.7 Å². The van der Waals surface area contributed by atoms with Crippen LogP contribution in [0.15, 0.2) is 61.1 Å². The Morgan fingerprint density at radius 3 is 2.62 bits per heavy atom. The highest BCUT2D eigenvalue weighted by molar-refractivity contribution is 6.30. The Hall–Kier alpha value is -2.66. The molecule has 2 heterocycles. The van der Waals surface area contributed by atoms with Gasteiger partial charge in [0.1, 0.15) is 5.82 Å². The van der Waals surface area contributed by atoms with E-state index in [4.69, 9.17) is 11.6 Å². The van der Waals surface area contributed by atoms with E-state index in [0.717, 1.165) is 5.69 Å². The second-order valence-corrected chi connectivity index (χ2v) is 4.76. The fourth-order valence-corrected chi connectivity index (χ4v) is 1.91. The Bertz CT molecular complexity index is 753. The highest BCUT2D eigenvalue weighted by Crippen LogP contribution is 2.12. The van der Waals surface area contributed by atoms with Crippen molar-refractivity contribution in [1.82, 2.24) is 14.8 Å². The van der Waals surface area contributed by atoms with Gasteiger partial charge in [0.25, 0.3) is 5.91 Å². The molecule has 0 saturated heterocycles. The van der Waals surface area contributed by atoms with E-state index >= 15 is 0 Å². The van der Waals surface area contributed by atoms with Gasteiger partial charge in [0.05, 0.1) is 22.5 Å². The second-order valence-electron chi connectivity index (χ2n) is 4.32. The van der Waals surface area contributed by atoms with Gasteiger partial charge in [0.15, 0.2) is 0 Å².